The van der Waals surface area contributed by atoms with Gasteiger partial charge in [-0.3, -0.25) is 4.79 Å². The molecule has 2 fully saturated rings. The molecule has 39 heavy (non-hydrogen) atoms. The van der Waals surface area contributed by atoms with E-state index in [1.807, 2.05) is 0 Å². The molecule has 2 aromatic heterocycles. The molecule has 1 aromatic carbocycles. The summed E-state index contributed by atoms with van der Waals surface area (Å²) in [5.74, 6) is -1.20. The fraction of sp³-hybridized carbons (Fsp3) is 0.407. The van der Waals surface area contributed by atoms with Gasteiger partial charge in [0.1, 0.15) is 5.52 Å². The van der Waals surface area contributed by atoms with E-state index in [1.54, 1.807) is 6.20 Å². The van der Waals surface area contributed by atoms with Crippen molar-refractivity contribution < 1.29 is 27.8 Å². The average Bonchev–Trinajstić information content (AvgIpc) is 3.78. The molecule has 5 rings (SSSR count). The summed E-state index contributed by atoms with van der Waals surface area (Å²) < 4.78 is 46.4. The molecule has 3 heterocycles. The highest BCUT2D eigenvalue weighted by Gasteiger charge is 2.28. The third-order valence-electron chi connectivity index (χ3n) is 6.83. The number of carbonyl (C=O) groups is 1. The molecule has 0 bridgehead atoms. The molecular weight excluding hydrogens is 510 g/mol. The van der Waals surface area contributed by atoms with Crippen LogP contribution in [0.5, 0.6) is 11.5 Å². The minimum Gasteiger partial charge on any atom is -0.494 e. The first kappa shape index (κ1) is 26.5. The van der Waals surface area contributed by atoms with Crippen LogP contribution in [-0.4, -0.2) is 66.9 Å². The van der Waals surface area contributed by atoms with E-state index in [0.29, 0.717) is 54.8 Å². The van der Waals surface area contributed by atoms with Gasteiger partial charge in [0.15, 0.2) is 29.0 Å². The van der Waals surface area contributed by atoms with Gasteiger partial charge in [0.25, 0.3) is 0 Å². The number of nitrogens with one attached hydrogen (secondary N) is 3. The smallest absolute Gasteiger partial charge is 0.243 e. The summed E-state index contributed by atoms with van der Waals surface area (Å²) in [4.78, 5) is 25.6. The van der Waals surface area contributed by atoms with Crippen molar-refractivity contribution in [3.05, 3.63) is 42.6 Å². The van der Waals surface area contributed by atoms with Crippen LogP contribution in [0.4, 0.5) is 20.5 Å². The van der Waals surface area contributed by atoms with Crippen molar-refractivity contribution in [3.8, 4) is 22.8 Å². The quantitative estimate of drug-likeness (QED) is 0.331. The fourth-order valence-corrected chi connectivity index (χ4v) is 4.49. The molecule has 0 spiro atoms. The van der Waals surface area contributed by atoms with Crippen molar-refractivity contribution in [2.45, 2.75) is 31.3 Å². The Morgan fingerprint density at radius 3 is 2.54 bits per heavy atom. The van der Waals surface area contributed by atoms with Crippen LogP contribution < -0.4 is 25.4 Å². The SMILES string of the molecule is C=CC(=O)N[C@H]1CCOC[C@H]1Nc1ncc2cc(-c3c(F)c(OC)cc(OC)c3F)nc(NCC3CC3)c2n1. The van der Waals surface area contributed by atoms with E-state index in [-0.39, 0.29) is 40.7 Å². The van der Waals surface area contributed by atoms with Crippen molar-refractivity contribution in [1.82, 2.24) is 20.3 Å². The Hall–Kier alpha value is -4.06. The van der Waals surface area contributed by atoms with E-state index in [2.05, 4.69) is 37.5 Å². The maximum Gasteiger partial charge on any atom is 0.243 e. The molecule has 1 aliphatic carbocycles. The predicted molar refractivity (Wildman–Crippen MR) is 142 cm³/mol. The summed E-state index contributed by atoms with van der Waals surface area (Å²) in [6.45, 7) is 5.03. The summed E-state index contributed by atoms with van der Waals surface area (Å²) in [5.41, 5.74) is 0.158. The van der Waals surface area contributed by atoms with Gasteiger partial charge >= 0.3 is 0 Å². The van der Waals surface area contributed by atoms with E-state index in [1.165, 1.54) is 26.4 Å². The number of ether oxygens (including phenoxy) is 3. The number of halogens is 2. The van der Waals surface area contributed by atoms with E-state index < -0.39 is 11.6 Å². The number of fused-ring (bicyclic) bond motifs is 1. The molecule has 206 valence electrons. The summed E-state index contributed by atoms with van der Waals surface area (Å²) >= 11 is 0. The Labute approximate surface area is 224 Å². The molecule has 3 aromatic rings. The number of rotatable bonds is 10. The van der Waals surface area contributed by atoms with Crippen molar-refractivity contribution in [3.63, 3.8) is 0 Å². The Balaban J connectivity index is 1.54. The van der Waals surface area contributed by atoms with Crippen LogP contribution in [0.15, 0.2) is 31.0 Å². The number of hydrogen-bond acceptors (Lipinski definition) is 9. The second kappa shape index (κ2) is 11.4. The number of carbonyl (C=O) groups excluding carboxylic acids is 1. The van der Waals surface area contributed by atoms with Crippen LogP contribution in [0, 0.1) is 17.6 Å². The Morgan fingerprint density at radius 1 is 1.13 bits per heavy atom. The topological polar surface area (TPSA) is 120 Å². The van der Waals surface area contributed by atoms with Gasteiger partial charge in [0.2, 0.25) is 11.9 Å². The van der Waals surface area contributed by atoms with Crippen LogP contribution in [0.25, 0.3) is 22.2 Å². The van der Waals surface area contributed by atoms with Crippen molar-refractivity contribution >= 4 is 28.6 Å². The van der Waals surface area contributed by atoms with E-state index in [9.17, 15) is 4.79 Å². The molecule has 3 N–H and O–H groups in total. The summed E-state index contributed by atoms with van der Waals surface area (Å²) in [6, 6.07) is 2.20. The second-order valence-corrected chi connectivity index (χ2v) is 9.53. The average molecular weight is 541 g/mol. The van der Waals surface area contributed by atoms with Crippen molar-refractivity contribution in [2.24, 2.45) is 5.92 Å². The van der Waals surface area contributed by atoms with Crippen LogP contribution in [0.3, 0.4) is 0 Å². The number of amides is 1. The fourth-order valence-electron chi connectivity index (χ4n) is 4.49. The standard InChI is InChI=1S/C27H30F2N6O4/c1-4-21(36)32-16-7-8-39-13-18(16)34-27-31-12-15-9-17(33-26(25(15)35-27)30-11-14-5-6-14)22-23(28)19(37-2)10-20(38-3)24(22)29/h4,9-10,12,14,16,18H,1,5-8,11,13H2,2-3H3,(H,30,33)(H,32,36)(H,31,34,35)/t16-,18+/m0/s1. The van der Waals surface area contributed by atoms with Gasteiger partial charge in [0.05, 0.1) is 44.2 Å². The van der Waals surface area contributed by atoms with Gasteiger partial charge in [-0.1, -0.05) is 6.58 Å². The van der Waals surface area contributed by atoms with Gasteiger partial charge in [-0.05, 0) is 37.3 Å². The monoisotopic (exact) mass is 540 g/mol. The summed E-state index contributed by atoms with van der Waals surface area (Å²) in [5, 5.41) is 9.99. The van der Waals surface area contributed by atoms with Crippen molar-refractivity contribution in [2.75, 3.05) is 44.6 Å². The number of pyridine rings is 1. The molecule has 1 aliphatic heterocycles. The number of anilines is 2. The highest BCUT2D eigenvalue weighted by atomic mass is 19.1. The number of aromatic nitrogens is 3. The first-order chi connectivity index (χ1) is 18.9. The number of benzene rings is 1. The Kier molecular flexibility index (Phi) is 7.73. The third-order valence-corrected chi connectivity index (χ3v) is 6.83. The normalized spacial score (nSPS) is 18.9. The van der Waals surface area contributed by atoms with Gasteiger partial charge in [-0.25, -0.2) is 23.7 Å². The molecule has 2 atom stereocenters. The van der Waals surface area contributed by atoms with Crippen LogP contribution in [0.1, 0.15) is 19.3 Å². The first-order valence-corrected chi connectivity index (χ1v) is 12.7. The molecule has 1 saturated heterocycles. The van der Waals surface area contributed by atoms with Crippen LogP contribution >= 0.6 is 0 Å². The predicted octanol–water partition coefficient (Wildman–Crippen LogP) is 3.68. The molecular formula is C27H30F2N6O4. The lowest BCUT2D eigenvalue weighted by Crippen LogP contribution is -2.52. The molecule has 10 nitrogen and oxygen atoms in total. The second-order valence-electron chi connectivity index (χ2n) is 9.53. The molecule has 12 heteroatoms. The highest BCUT2D eigenvalue weighted by molar-refractivity contribution is 5.92. The number of methoxy groups -OCH3 is 2. The van der Waals surface area contributed by atoms with Gasteiger partial charge in [-0.15, -0.1) is 0 Å². The van der Waals surface area contributed by atoms with E-state index >= 15 is 8.78 Å². The van der Waals surface area contributed by atoms with Gasteiger partial charge < -0.3 is 30.2 Å². The molecule has 2 aliphatic rings. The zero-order valence-electron chi connectivity index (χ0n) is 21.7. The summed E-state index contributed by atoms with van der Waals surface area (Å²) in [6.07, 6.45) is 5.60. The largest absolute Gasteiger partial charge is 0.494 e. The summed E-state index contributed by atoms with van der Waals surface area (Å²) in [7, 11) is 2.59. The van der Waals surface area contributed by atoms with E-state index in [4.69, 9.17) is 14.2 Å². The van der Waals surface area contributed by atoms with E-state index in [0.717, 1.165) is 18.9 Å². The minimum absolute atomic E-state index is 0.0465. The zero-order chi connectivity index (χ0) is 27.5. The Morgan fingerprint density at radius 2 is 1.87 bits per heavy atom. The third kappa shape index (κ3) is 5.70. The zero-order valence-corrected chi connectivity index (χ0v) is 21.7. The lowest BCUT2D eigenvalue weighted by molar-refractivity contribution is -0.117. The number of nitrogens with zero attached hydrogens (tertiary/aromatic N) is 3. The Bertz CT molecular complexity index is 1370. The maximum atomic E-state index is 15.3. The molecule has 0 radical (unpaired) electrons. The minimum atomic E-state index is -0.889. The first-order valence-electron chi connectivity index (χ1n) is 12.7. The maximum absolute atomic E-state index is 15.3. The van der Waals surface area contributed by atoms with Gasteiger partial charge in [0, 0.05) is 30.8 Å². The van der Waals surface area contributed by atoms with Crippen molar-refractivity contribution in [1.29, 1.82) is 0 Å². The van der Waals surface area contributed by atoms with Gasteiger partial charge in [-0.2, -0.15) is 0 Å². The highest BCUT2D eigenvalue weighted by Crippen LogP contribution is 2.39. The molecule has 1 amide bonds. The number of hydrogen-bond donors (Lipinski definition) is 3. The lowest BCUT2D eigenvalue weighted by atomic mass is 10.0. The lowest BCUT2D eigenvalue weighted by Gasteiger charge is -2.32. The molecule has 0 unspecified atom stereocenters. The van der Waals surface area contributed by atoms with Crippen LogP contribution in [0.2, 0.25) is 0 Å². The molecule has 1 saturated carbocycles. The van der Waals surface area contributed by atoms with Crippen LogP contribution in [-0.2, 0) is 9.53 Å².